The van der Waals surface area contributed by atoms with Gasteiger partial charge >= 0.3 is 0 Å². The van der Waals surface area contributed by atoms with Crippen molar-refractivity contribution in [3.63, 3.8) is 0 Å². The second-order valence-corrected chi connectivity index (χ2v) is 4.93. The van der Waals surface area contributed by atoms with Gasteiger partial charge in [0.15, 0.2) is 0 Å². The van der Waals surface area contributed by atoms with Gasteiger partial charge in [-0.15, -0.1) is 11.6 Å². The maximum Gasteiger partial charge on any atom is 0.128 e. The van der Waals surface area contributed by atoms with Crippen molar-refractivity contribution in [2.75, 3.05) is 14.2 Å². The Morgan fingerprint density at radius 1 is 1.00 bits per heavy atom. The highest BCUT2D eigenvalue weighted by atomic mass is 35.5. The van der Waals surface area contributed by atoms with Crippen LogP contribution in [0.4, 0.5) is 4.39 Å². The Morgan fingerprint density at radius 2 is 1.75 bits per heavy atom. The Morgan fingerprint density at radius 3 is 2.35 bits per heavy atom. The molecule has 2 aromatic rings. The highest BCUT2D eigenvalue weighted by Crippen LogP contribution is 2.38. The van der Waals surface area contributed by atoms with Crippen LogP contribution < -0.4 is 9.47 Å². The third kappa shape index (κ3) is 2.88. The fourth-order valence-electron chi connectivity index (χ4n) is 2.04. The summed E-state index contributed by atoms with van der Waals surface area (Å²) in [5, 5.41) is -0.638. The Bertz CT molecular complexity index is 613. The molecular formula is C16H16ClFO2. The molecule has 1 unspecified atom stereocenters. The van der Waals surface area contributed by atoms with Gasteiger partial charge in [0.1, 0.15) is 17.3 Å². The molecule has 0 N–H and O–H groups in total. The van der Waals surface area contributed by atoms with E-state index in [-0.39, 0.29) is 5.82 Å². The molecule has 4 heteroatoms. The summed E-state index contributed by atoms with van der Waals surface area (Å²) in [5.74, 6) is 0.930. The molecule has 2 rings (SSSR count). The first-order valence-corrected chi connectivity index (χ1v) is 6.62. The Labute approximate surface area is 123 Å². The third-order valence-electron chi connectivity index (χ3n) is 3.14. The van der Waals surface area contributed by atoms with E-state index in [0.717, 1.165) is 5.56 Å². The van der Waals surface area contributed by atoms with Crippen LogP contribution in [0.2, 0.25) is 0 Å². The predicted molar refractivity (Wildman–Crippen MR) is 78.4 cm³/mol. The Hall–Kier alpha value is -1.74. The lowest BCUT2D eigenvalue weighted by Crippen LogP contribution is -2.01. The Balaban J connectivity index is 2.48. The number of hydrogen-bond donors (Lipinski definition) is 0. The van der Waals surface area contributed by atoms with Gasteiger partial charge in [0.2, 0.25) is 0 Å². The van der Waals surface area contributed by atoms with E-state index in [2.05, 4.69) is 0 Å². The highest BCUT2D eigenvalue weighted by molar-refractivity contribution is 6.22. The summed E-state index contributed by atoms with van der Waals surface area (Å²) < 4.78 is 24.5. The molecule has 0 radical (unpaired) electrons. The molecule has 0 bridgehead atoms. The van der Waals surface area contributed by atoms with Gasteiger partial charge in [-0.05, 0) is 36.8 Å². The normalized spacial score (nSPS) is 12.1. The van der Waals surface area contributed by atoms with Crippen LogP contribution in [0.15, 0.2) is 36.4 Å². The lowest BCUT2D eigenvalue weighted by molar-refractivity contribution is 0.399. The van der Waals surface area contributed by atoms with Gasteiger partial charge < -0.3 is 9.47 Å². The molecule has 0 spiro atoms. The molecule has 0 fully saturated rings. The number of hydrogen-bond acceptors (Lipinski definition) is 2. The van der Waals surface area contributed by atoms with E-state index in [1.54, 1.807) is 38.5 Å². The molecule has 0 aromatic heterocycles. The van der Waals surface area contributed by atoms with Crippen LogP contribution in [0.5, 0.6) is 11.5 Å². The second-order valence-electron chi connectivity index (χ2n) is 4.50. The van der Waals surface area contributed by atoms with Gasteiger partial charge in [-0.3, -0.25) is 0 Å². The summed E-state index contributed by atoms with van der Waals surface area (Å²) in [5.41, 5.74) is 1.95. The molecule has 0 aliphatic heterocycles. The summed E-state index contributed by atoms with van der Waals surface area (Å²) >= 11 is 6.43. The molecule has 0 heterocycles. The summed E-state index contributed by atoms with van der Waals surface area (Å²) in [4.78, 5) is 0. The summed E-state index contributed by atoms with van der Waals surface area (Å²) in [7, 11) is 3.13. The van der Waals surface area contributed by atoms with Crippen molar-refractivity contribution in [1.82, 2.24) is 0 Å². The molecule has 2 nitrogen and oxygen atoms in total. The second kappa shape index (κ2) is 6.14. The van der Waals surface area contributed by atoms with Gasteiger partial charge in [0, 0.05) is 11.1 Å². The minimum atomic E-state index is -0.638. The van der Waals surface area contributed by atoms with E-state index in [1.807, 2.05) is 13.0 Å². The first kappa shape index (κ1) is 14.7. The SMILES string of the molecule is COc1ccc(OC)c(C(Cl)c2ccc(C)cc2F)c1. The van der Waals surface area contributed by atoms with E-state index < -0.39 is 5.38 Å². The maximum atomic E-state index is 14.0. The van der Waals surface area contributed by atoms with Crippen LogP contribution in [-0.4, -0.2) is 14.2 Å². The van der Waals surface area contributed by atoms with E-state index in [1.165, 1.54) is 6.07 Å². The minimum absolute atomic E-state index is 0.324. The third-order valence-corrected chi connectivity index (χ3v) is 3.61. The standard InChI is InChI=1S/C16H16ClFO2/c1-10-4-6-12(14(18)8-10)16(17)13-9-11(19-2)5-7-15(13)20-3/h4-9,16H,1-3H3. The van der Waals surface area contributed by atoms with E-state index in [4.69, 9.17) is 21.1 Å². The zero-order valence-corrected chi connectivity index (χ0v) is 12.4. The molecule has 0 saturated heterocycles. The number of halogens is 2. The van der Waals surface area contributed by atoms with Crippen molar-refractivity contribution in [3.8, 4) is 11.5 Å². The van der Waals surface area contributed by atoms with Gasteiger partial charge in [-0.25, -0.2) is 4.39 Å². The molecule has 1 atom stereocenters. The molecule has 20 heavy (non-hydrogen) atoms. The molecule has 0 amide bonds. The van der Waals surface area contributed by atoms with Crippen LogP contribution in [-0.2, 0) is 0 Å². The number of benzene rings is 2. The molecule has 106 valence electrons. The lowest BCUT2D eigenvalue weighted by Gasteiger charge is -2.16. The maximum absolute atomic E-state index is 14.0. The molecule has 0 aliphatic carbocycles. The first-order valence-electron chi connectivity index (χ1n) is 6.19. The largest absolute Gasteiger partial charge is 0.497 e. The summed E-state index contributed by atoms with van der Waals surface area (Å²) in [6.07, 6.45) is 0. The monoisotopic (exact) mass is 294 g/mol. The topological polar surface area (TPSA) is 18.5 Å². The zero-order valence-electron chi connectivity index (χ0n) is 11.6. The van der Waals surface area contributed by atoms with Crippen molar-refractivity contribution in [1.29, 1.82) is 0 Å². The van der Waals surface area contributed by atoms with Crippen molar-refractivity contribution >= 4 is 11.6 Å². The van der Waals surface area contributed by atoms with Crippen LogP contribution in [0, 0.1) is 12.7 Å². The van der Waals surface area contributed by atoms with Gasteiger partial charge in [-0.1, -0.05) is 12.1 Å². The Kier molecular flexibility index (Phi) is 4.50. The van der Waals surface area contributed by atoms with Crippen molar-refractivity contribution in [3.05, 3.63) is 58.9 Å². The van der Waals surface area contributed by atoms with Gasteiger partial charge in [-0.2, -0.15) is 0 Å². The van der Waals surface area contributed by atoms with Crippen LogP contribution >= 0.6 is 11.6 Å². The minimum Gasteiger partial charge on any atom is -0.497 e. The smallest absolute Gasteiger partial charge is 0.128 e. The fraction of sp³-hybridized carbons (Fsp3) is 0.250. The molecule has 0 aliphatic rings. The molecule has 0 saturated carbocycles. The highest BCUT2D eigenvalue weighted by Gasteiger charge is 2.20. The van der Waals surface area contributed by atoms with Crippen molar-refractivity contribution in [2.24, 2.45) is 0 Å². The summed E-state index contributed by atoms with van der Waals surface area (Å²) in [6.45, 7) is 1.84. The predicted octanol–water partition coefficient (Wildman–Crippen LogP) is 4.48. The van der Waals surface area contributed by atoms with E-state index in [0.29, 0.717) is 22.6 Å². The quantitative estimate of drug-likeness (QED) is 0.774. The molecule has 2 aromatic carbocycles. The van der Waals surface area contributed by atoms with Crippen molar-refractivity contribution < 1.29 is 13.9 Å². The number of alkyl halides is 1. The number of aryl methyl sites for hydroxylation is 1. The summed E-state index contributed by atoms with van der Waals surface area (Å²) in [6, 6.07) is 10.3. The van der Waals surface area contributed by atoms with Gasteiger partial charge in [0.25, 0.3) is 0 Å². The van der Waals surface area contributed by atoms with E-state index >= 15 is 0 Å². The molecular weight excluding hydrogens is 279 g/mol. The van der Waals surface area contributed by atoms with E-state index in [9.17, 15) is 4.39 Å². The average Bonchev–Trinajstić information content (AvgIpc) is 2.46. The number of methoxy groups -OCH3 is 2. The lowest BCUT2D eigenvalue weighted by atomic mass is 10.0. The number of ether oxygens (including phenoxy) is 2. The average molecular weight is 295 g/mol. The van der Waals surface area contributed by atoms with Crippen LogP contribution in [0.25, 0.3) is 0 Å². The van der Waals surface area contributed by atoms with Crippen molar-refractivity contribution in [2.45, 2.75) is 12.3 Å². The first-order chi connectivity index (χ1) is 9.56. The fourth-order valence-corrected chi connectivity index (χ4v) is 2.39. The van der Waals surface area contributed by atoms with Crippen LogP contribution in [0.3, 0.4) is 0 Å². The van der Waals surface area contributed by atoms with Crippen LogP contribution in [0.1, 0.15) is 22.1 Å². The number of rotatable bonds is 4. The van der Waals surface area contributed by atoms with Gasteiger partial charge in [0.05, 0.1) is 19.6 Å². The zero-order chi connectivity index (χ0) is 14.7.